The van der Waals surface area contributed by atoms with Crippen LogP contribution in [0.5, 0.6) is 17.2 Å². The maximum Gasteiger partial charge on any atom is 0.203 e. The lowest BCUT2D eigenvalue weighted by atomic mass is 9.76. The molecule has 0 amide bonds. The molecule has 2 unspecified atom stereocenters. The molecule has 0 fully saturated rings. The van der Waals surface area contributed by atoms with Crippen LogP contribution in [0.15, 0.2) is 47.0 Å². The zero-order chi connectivity index (χ0) is 20.7. The van der Waals surface area contributed by atoms with Gasteiger partial charge in [-0.25, -0.2) is 0 Å². The van der Waals surface area contributed by atoms with E-state index in [1.165, 1.54) is 21.3 Å². The van der Waals surface area contributed by atoms with Gasteiger partial charge in [-0.1, -0.05) is 24.3 Å². The van der Waals surface area contributed by atoms with Crippen LogP contribution in [0.25, 0.3) is 5.70 Å². The predicted molar refractivity (Wildman–Crippen MR) is 109 cm³/mol. The second kappa shape index (κ2) is 7.10. The quantitative estimate of drug-likeness (QED) is 0.790. The lowest BCUT2D eigenvalue weighted by molar-refractivity contribution is 0.103. The summed E-state index contributed by atoms with van der Waals surface area (Å²) in [5, 5.41) is 9.92. The van der Waals surface area contributed by atoms with Crippen LogP contribution in [-0.2, 0) is 0 Å². The number of hydrogen-bond acceptors (Lipinski definition) is 6. The number of allylic oxidation sites excluding steroid dienone is 1. The highest BCUT2D eigenvalue weighted by Gasteiger charge is 2.43. The largest absolute Gasteiger partial charge is 0.493 e. The predicted octanol–water partition coefficient (Wildman–Crippen LogP) is 4.02. The van der Waals surface area contributed by atoms with Crippen LogP contribution in [0.3, 0.4) is 0 Å². The summed E-state index contributed by atoms with van der Waals surface area (Å²) in [4.78, 5) is 17.9. The zero-order valence-corrected chi connectivity index (χ0v) is 16.6. The molecular weight excluding hydrogens is 368 g/mol. The van der Waals surface area contributed by atoms with Crippen molar-refractivity contribution < 1.29 is 19.0 Å². The van der Waals surface area contributed by atoms with E-state index < -0.39 is 11.8 Å². The highest BCUT2D eigenvalue weighted by molar-refractivity contribution is 6.23. The van der Waals surface area contributed by atoms with E-state index in [1.54, 1.807) is 18.2 Å². The molecular formula is C23H20N2O4. The lowest BCUT2D eigenvalue weighted by Gasteiger charge is -2.28. The van der Waals surface area contributed by atoms with Gasteiger partial charge in [-0.3, -0.25) is 9.79 Å². The molecule has 6 nitrogen and oxygen atoms in total. The molecule has 1 aliphatic carbocycles. The normalized spacial score (nSPS) is 19.8. The molecule has 0 saturated heterocycles. The van der Waals surface area contributed by atoms with Crippen molar-refractivity contribution in [3.05, 3.63) is 58.7 Å². The van der Waals surface area contributed by atoms with Crippen molar-refractivity contribution in [2.24, 2.45) is 10.9 Å². The van der Waals surface area contributed by atoms with Gasteiger partial charge >= 0.3 is 0 Å². The number of nitriles is 1. The molecule has 6 heteroatoms. The number of rotatable bonds is 4. The Hall–Kier alpha value is -3.59. The second-order valence-corrected chi connectivity index (χ2v) is 6.93. The molecule has 2 atom stereocenters. The SMILES string of the molecule is COc1cc(C2C3=C(N=C(C)C2C#N)c2ccccc2C3=O)cc(OC)c1OC. The minimum Gasteiger partial charge on any atom is -0.493 e. The number of hydrogen-bond donors (Lipinski definition) is 0. The third kappa shape index (κ3) is 2.70. The van der Waals surface area contributed by atoms with Gasteiger partial charge in [-0.15, -0.1) is 0 Å². The molecule has 146 valence electrons. The van der Waals surface area contributed by atoms with E-state index in [-0.39, 0.29) is 5.78 Å². The molecule has 2 aromatic carbocycles. The van der Waals surface area contributed by atoms with E-state index in [1.807, 2.05) is 25.1 Å². The van der Waals surface area contributed by atoms with E-state index in [9.17, 15) is 10.1 Å². The standard InChI is InChI=1S/C23H20N2O4/c1-12-16(11-24)19(13-9-17(27-2)23(29-4)18(10-13)28-3)20-21(25-12)14-7-5-6-8-15(14)22(20)26/h5-10,16,19H,1-4H3. The molecule has 29 heavy (non-hydrogen) atoms. The smallest absolute Gasteiger partial charge is 0.203 e. The third-order valence-corrected chi connectivity index (χ3v) is 5.49. The van der Waals surface area contributed by atoms with Gasteiger partial charge in [0.2, 0.25) is 5.75 Å². The lowest BCUT2D eigenvalue weighted by Crippen LogP contribution is -2.26. The van der Waals surface area contributed by atoms with Crippen LogP contribution in [0.1, 0.15) is 34.3 Å². The number of ether oxygens (including phenoxy) is 3. The van der Waals surface area contributed by atoms with E-state index >= 15 is 0 Å². The van der Waals surface area contributed by atoms with E-state index in [4.69, 9.17) is 14.2 Å². The average molecular weight is 388 g/mol. The maximum absolute atomic E-state index is 13.3. The van der Waals surface area contributed by atoms with E-state index in [2.05, 4.69) is 11.1 Å². The van der Waals surface area contributed by atoms with Crippen molar-refractivity contribution in [2.45, 2.75) is 12.8 Å². The molecule has 0 spiro atoms. The highest BCUT2D eigenvalue weighted by atomic mass is 16.5. The Morgan fingerprint density at radius 1 is 1.00 bits per heavy atom. The summed E-state index contributed by atoms with van der Waals surface area (Å²) in [5.74, 6) is 0.262. The summed E-state index contributed by atoms with van der Waals surface area (Å²) in [6, 6.07) is 13.4. The Morgan fingerprint density at radius 3 is 2.17 bits per heavy atom. The number of nitrogens with zero attached hydrogens (tertiary/aromatic N) is 2. The number of methoxy groups -OCH3 is 3. The van der Waals surface area contributed by atoms with Crippen molar-refractivity contribution in [1.82, 2.24) is 0 Å². The molecule has 4 rings (SSSR count). The number of carbonyl (C=O) groups is 1. The molecule has 1 heterocycles. The van der Waals surface area contributed by atoms with Gasteiger partial charge in [0, 0.05) is 28.3 Å². The van der Waals surface area contributed by atoms with Crippen LogP contribution in [0.2, 0.25) is 0 Å². The summed E-state index contributed by atoms with van der Waals surface area (Å²) in [5.41, 5.74) is 4.03. The number of carbonyl (C=O) groups excluding carboxylic acids is 1. The van der Waals surface area contributed by atoms with Gasteiger partial charge in [-0.2, -0.15) is 5.26 Å². The van der Waals surface area contributed by atoms with E-state index in [0.29, 0.717) is 39.8 Å². The van der Waals surface area contributed by atoms with Gasteiger partial charge in [0.15, 0.2) is 17.3 Å². The van der Waals surface area contributed by atoms with Crippen LogP contribution in [0.4, 0.5) is 0 Å². The fourth-order valence-corrected chi connectivity index (χ4v) is 4.16. The molecule has 0 saturated carbocycles. The first-order valence-electron chi connectivity index (χ1n) is 9.18. The minimum absolute atomic E-state index is 0.0918. The molecule has 2 aliphatic rings. The number of aliphatic imine (C=N–C) groups is 1. The van der Waals surface area contributed by atoms with Crippen LogP contribution in [0, 0.1) is 17.2 Å². The first-order chi connectivity index (χ1) is 14.0. The summed E-state index contributed by atoms with van der Waals surface area (Å²) >= 11 is 0. The van der Waals surface area contributed by atoms with Gasteiger partial charge in [-0.05, 0) is 24.6 Å². The Labute approximate surface area is 169 Å². The number of ketones is 1. The summed E-state index contributed by atoms with van der Waals surface area (Å²) < 4.78 is 16.4. The van der Waals surface area contributed by atoms with Crippen LogP contribution < -0.4 is 14.2 Å². The number of fused-ring (bicyclic) bond motifs is 2. The van der Waals surface area contributed by atoms with E-state index in [0.717, 1.165) is 11.1 Å². The third-order valence-electron chi connectivity index (χ3n) is 5.49. The van der Waals surface area contributed by atoms with Crippen molar-refractivity contribution >= 4 is 17.2 Å². The monoisotopic (exact) mass is 388 g/mol. The summed E-state index contributed by atoms with van der Waals surface area (Å²) in [6.45, 7) is 1.83. The van der Waals surface area contributed by atoms with Gasteiger partial charge < -0.3 is 14.2 Å². The van der Waals surface area contributed by atoms with Crippen LogP contribution in [-0.4, -0.2) is 32.8 Å². The van der Waals surface area contributed by atoms with Crippen molar-refractivity contribution in [3.8, 4) is 23.3 Å². The minimum atomic E-state index is -0.574. The van der Waals surface area contributed by atoms with Crippen molar-refractivity contribution in [2.75, 3.05) is 21.3 Å². The summed E-state index contributed by atoms with van der Waals surface area (Å²) in [6.07, 6.45) is 0. The van der Waals surface area contributed by atoms with Crippen molar-refractivity contribution in [3.63, 3.8) is 0 Å². The molecule has 0 N–H and O–H groups in total. The fraction of sp³-hybridized carbons (Fsp3) is 0.261. The number of Topliss-reactive ketones (excluding diaryl/α,β-unsaturated/α-hetero) is 1. The molecule has 0 aromatic heterocycles. The second-order valence-electron chi connectivity index (χ2n) is 6.93. The Morgan fingerprint density at radius 2 is 1.62 bits per heavy atom. The van der Waals surface area contributed by atoms with Gasteiger partial charge in [0.05, 0.1) is 39.0 Å². The zero-order valence-electron chi connectivity index (χ0n) is 16.6. The first kappa shape index (κ1) is 18.8. The molecule has 0 bridgehead atoms. The summed E-state index contributed by atoms with van der Waals surface area (Å²) in [7, 11) is 4.61. The fourth-order valence-electron chi connectivity index (χ4n) is 4.16. The van der Waals surface area contributed by atoms with Crippen molar-refractivity contribution in [1.29, 1.82) is 5.26 Å². The molecule has 2 aromatic rings. The van der Waals surface area contributed by atoms with Crippen LogP contribution >= 0.6 is 0 Å². The average Bonchev–Trinajstić information content (AvgIpc) is 3.03. The number of benzene rings is 2. The van der Waals surface area contributed by atoms with Gasteiger partial charge in [0.1, 0.15) is 0 Å². The molecule has 0 radical (unpaired) electrons. The Balaban J connectivity index is 1.97. The van der Waals surface area contributed by atoms with Gasteiger partial charge in [0.25, 0.3) is 0 Å². The first-order valence-corrected chi connectivity index (χ1v) is 9.18. The maximum atomic E-state index is 13.3. The Bertz CT molecular complexity index is 1100. The highest BCUT2D eigenvalue weighted by Crippen LogP contribution is 2.50. The Kier molecular flexibility index (Phi) is 4.59. The topological polar surface area (TPSA) is 80.9 Å². The molecule has 1 aliphatic heterocycles.